The fourth-order valence-corrected chi connectivity index (χ4v) is 3.35. The zero-order valence-corrected chi connectivity index (χ0v) is 19.0. The maximum absolute atomic E-state index is 6.53. The van der Waals surface area contributed by atoms with E-state index in [1.165, 1.54) is 5.56 Å². The molecule has 0 radical (unpaired) electrons. The van der Waals surface area contributed by atoms with Crippen molar-refractivity contribution >= 4 is 11.6 Å². The Morgan fingerprint density at radius 2 is 1.66 bits per heavy atom. The Morgan fingerprint density at radius 1 is 0.966 bits per heavy atom. The zero-order chi connectivity index (χ0) is 21.1. The van der Waals surface area contributed by atoms with Gasteiger partial charge in [0.25, 0.3) is 0 Å². The smallest absolute Gasteiger partial charge is 0.163 e. The van der Waals surface area contributed by atoms with Crippen LogP contribution in [0.1, 0.15) is 43.9 Å². The summed E-state index contributed by atoms with van der Waals surface area (Å²) in [5.74, 6) is 1.42. The van der Waals surface area contributed by atoms with Gasteiger partial charge in [-0.05, 0) is 63.6 Å². The van der Waals surface area contributed by atoms with E-state index in [9.17, 15) is 0 Å². The summed E-state index contributed by atoms with van der Waals surface area (Å²) in [7, 11) is 0. The highest BCUT2D eigenvalue weighted by atomic mass is 35.5. The number of hydrogen-bond acceptors (Lipinski definition) is 4. The van der Waals surface area contributed by atoms with E-state index >= 15 is 0 Å². The quantitative estimate of drug-likeness (QED) is 0.438. The number of nitrogens with zero attached hydrogens (tertiary/aromatic N) is 1. The Kier molecular flexibility index (Phi) is 10.3. The monoisotopic (exact) mass is 418 g/mol. The van der Waals surface area contributed by atoms with Crippen LogP contribution in [0.4, 0.5) is 0 Å². The van der Waals surface area contributed by atoms with Crippen molar-refractivity contribution in [2.75, 3.05) is 32.8 Å². The molecule has 160 valence electrons. The normalized spacial score (nSPS) is 11.1. The predicted molar refractivity (Wildman–Crippen MR) is 122 cm³/mol. The summed E-state index contributed by atoms with van der Waals surface area (Å²) in [4.78, 5) is 2.43. The lowest BCUT2D eigenvalue weighted by molar-refractivity contribution is 0.269. The minimum atomic E-state index is 0.486. The molecule has 2 rings (SSSR count). The van der Waals surface area contributed by atoms with Crippen LogP contribution in [0.25, 0.3) is 0 Å². The van der Waals surface area contributed by atoms with Crippen LogP contribution in [0, 0.1) is 6.92 Å². The van der Waals surface area contributed by atoms with Crippen LogP contribution >= 0.6 is 11.6 Å². The van der Waals surface area contributed by atoms with Gasteiger partial charge in [-0.2, -0.15) is 0 Å². The van der Waals surface area contributed by atoms with Crippen LogP contribution < -0.4 is 14.8 Å². The average Bonchev–Trinajstić information content (AvgIpc) is 2.72. The third-order valence-electron chi connectivity index (χ3n) is 4.97. The number of nitrogens with one attached hydrogen (secondary N) is 1. The summed E-state index contributed by atoms with van der Waals surface area (Å²) in [6, 6.07) is 12.2. The van der Waals surface area contributed by atoms with Crippen molar-refractivity contribution in [2.24, 2.45) is 0 Å². The van der Waals surface area contributed by atoms with Gasteiger partial charge >= 0.3 is 0 Å². The number of benzene rings is 2. The van der Waals surface area contributed by atoms with Gasteiger partial charge in [-0.1, -0.05) is 55.3 Å². The number of hydrogen-bond donors (Lipinski definition) is 1. The van der Waals surface area contributed by atoms with Crippen LogP contribution in [0.5, 0.6) is 11.5 Å². The van der Waals surface area contributed by atoms with Crippen molar-refractivity contribution in [3.63, 3.8) is 0 Å². The molecule has 1 N–H and O–H groups in total. The van der Waals surface area contributed by atoms with Gasteiger partial charge in [0.2, 0.25) is 0 Å². The van der Waals surface area contributed by atoms with Crippen LogP contribution in [0.15, 0.2) is 36.4 Å². The van der Waals surface area contributed by atoms with E-state index in [0.717, 1.165) is 56.0 Å². The zero-order valence-electron chi connectivity index (χ0n) is 18.3. The van der Waals surface area contributed by atoms with Crippen LogP contribution in [-0.4, -0.2) is 37.7 Å². The van der Waals surface area contributed by atoms with Gasteiger partial charge in [-0.3, -0.25) is 0 Å². The molecule has 0 aliphatic rings. The molecule has 0 unspecified atom stereocenters. The Balaban J connectivity index is 1.94. The van der Waals surface area contributed by atoms with E-state index in [-0.39, 0.29) is 0 Å². The summed E-state index contributed by atoms with van der Waals surface area (Å²) < 4.78 is 11.8. The minimum absolute atomic E-state index is 0.486. The standard InChI is InChI=1S/C24H35ClN2O2/c1-5-27(6-2)14-8-13-26-17-21-15-23(28-7-3)24(16-22(21)25)29-18-20-11-9-19(4)10-12-20/h9-12,15-16,26H,5-8,13-14,17-18H2,1-4H3. The van der Waals surface area contributed by atoms with Crippen LogP contribution in [-0.2, 0) is 13.2 Å². The molecule has 0 aromatic heterocycles. The molecule has 5 heteroatoms. The molecule has 0 fully saturated rings. The van der Waals surface area contributed by atoms with Crippen molar-refractivity contribution in [3.8, 4) is 11.5 Å². The average molecular weight is 419 g/mol. The molecule has 29 heavy (non-hydrogen) atoms. The van der Waals surface area contributed by atoms with Gasteiger partial charge in [0.1, 0.15) is 6.61 Å². The highest BCUT2D eigenvalue weighted by Crippen LogP contribution is 2.34. The van der Waals surface area contributed by atoms with E-state index in [1.807, 2.05) is 19.1 Å². The van der Waals surface area contributed by atoms with E-state index in [4.69, 9.17) is 21.1 Å². The molecule has 0 saturated heterocycles. The minimum Gasteiger partial charge on any atom is -0.490 e. The molecule has 0 aliphatic carbocycles. The third kappa shape index (κ3) is 7.88. The number of rotatable bonds is 13. The number of ether oxygens (including phenoxy) is 2. The largest absolute Gasteiger partial charge is 0.490 e. The lowest BCUT2D eigenvalue weighted by Crippen LogP contribution is -2.27. The van der Waals surface area contributed by atoms with Gasteiger partial charge in [-0.25, -0.2) is 0 Å². The van der Waals surface area contributed by atoms with Crippen molar-refractivity contribution in [2.45, 2.75) is 47.3 Å². The molecule has 0 amide bonds. The first-order valence-electron chi connectivity index (χ1n) is 10.6. The fraction of sp³-hybridized carbons (Fsp3) is 0.500. The Hall–Kier alpha value is -1.75. The summed E-state index contributed by atoms with van der Waals surface area (Å²) in [6.07, 6.45) is 1.12. The fourth-order valence-electron chi connectivity index (χ4n) is 3.13. The van der Waals surface area contributed by atoms with Crippen LogP contribution in [0.2, 0.25) is 5.02 Å². The Labute approximate surface area is 181 Å². The molecule has 0 bridgehead atoms. The van der Waals surface area contributed by atoms with E-state index < -0.39 is 0 Å². The SMILES string of the molecule is CCOc1cc(CNCCCN(CC)CC)c(Cl)cc1OCc1ccc(C)cc1. The van der Waals surface area contributed by atoms with Crippen LogP contribution in [0.3, 0.4) is 0 Å². The highest BCUT2D eigenvalue weighted by molar-refractivity contribution is 6.31. The van der Waals surface area contributed by atoms with E-state index in [1.54, 1.807) is 0 Å². The molecular formula is C24H35ClN2O2. The van der Waals surface area contributed by atoms with Crippen molar-refractivity contribution in [1.82, 2.24) is 10.2 Å². The van der Waals surface area contributed by atoms with Crippen molar-refractivity contribution in [1.29, 1.82) is 0 Å². The molecule has 4 nitrogen and oxygen atoms in total. The Morgan fingerprint density at radius 3 is 2.31 bits per heavy atom. The number of halogens is 1. The summed E-state index contributed by atoms with van der Waals surface area (Å²) in [6.45, 7) is 14.5. The van der Waals surface area contributed by atoms with Gasteiger partial charge < -0.3 is 19.7 Å². The van der Waals surface area contributed by atoms with Crippen molar-refractivity contribution in [3.05, 3.63) is 58.1 Å². The lowest BCUT2D eigenvalue weighted by atomic mass is 10.1. The molecule has 0 spiro atoms. The van der Waals surface area contributed by atoms with Gasteiger partial charge in [0.15, 0.2) is 11.5 Å². The summed E-state index contributed by atoms with van der Waals surface area (Å²) in [5, 5.41) is 4.19. The van der Waals surface area contributed by atoms with E-state index in [0.29, 0.717) is 24.0 Å². The number of aryl methyl sites for hydroxylation is 1. The molecule has 0 aliphatic heterocycles. The molecule has 2 aromatic rings. The maximum Gasteiger partial charge on any atom is 0.163 e. The Bertz CT molecular complexity index is 730. The van der Waals surface area contributed by atoms with Crippen molar-refractivity contribution < 1.29 is 9.47 Å². The maximum atomic E-state index is 6.53. The second-order valence-corrected chi connectivity index (χ2v) is 7.56. The second kappa shape index (κ2) is 12.7. The first-order chi connectivity index (χ1) is 14.1. The van der Waals surface area contributed by atoms with Gasteiger partial charge in [-0.15, -0.1) is 0 Å². The lowest BCUT2D eigenvalue weighted by Gasteiger charge is -2.18. The second-order valence-electron chi connectivity index (χ2n) is 7.15. The molecule has 0 heterocycles. The molecular weight excluding hydrogens is 384 g/mol. The molecule has 0 atom stereocenters. The topological polar surface area (TPSA) is 33.7 Å². The third-order valence-corrected chi connectivity index (χ3v) is 5.32. The summed E-state index contributed by atoms with van der Waals surface area (Å²) >= 11 is 6.53. The molecule has 2 aromatic carbocycles. The first-order valence-corrected chi connectivity index (χ1v) is 11.0. The summed E-state index contributed by atoms with van der Waals surface area (Å²) in [5.41, 5.74) is 3.38. The van der Waals surface area contributed by atoms with E-state index in [2.05, 4.69) is 55.3 Å². The highest BCUT2D eigenvalue weighted by Gasteiger charge is 2.12. The van der Waals surface area contributed by atoms with Gasteiger partial charge in [0.05, 0.1) is 6.61 Å². The first kappa shape index (κ1) is 23.5. The molecule has 0 saturated carbocycles. The predicted octanol–water partition coefficient (Wildman–Crippen LogP) is 5.45. The van der Waals surface area contributed by atoms with Gasteiger partial charge in [0, 0.05) is 17.6 Å².